The fourth-order valence-corrected chi connectivity index (χ4v) is 3.53. The van der Waals surface area contributed by atoms with E-state index >= 15 is 0 Å². The van der Waals surface area contributed by atoms with E-state index < -0.39 is 0 Å². The van der Waals surface area contributed by atoms with Gasteiger partial charge in [0.25, 0.3) is 11.5 Å². The van der Waals surface area contributed by atoms with Crippen molar-refractivity contribution in [3.8, 4) is 17.5 Å². The number of hydrogen-bond donors (Lipinski definition) is 1. The lowest BCUT2D eigenvalue weighted by Gasteiger charge is -2.13. The topological polar surface area (TPSA) is 97.0 Å². The number of nitriles is 1. The summed E-state index contributed by atoms with van der Waals surface area (Å²) >= 11 is 1.17. The van der Waals surface area contributed by atoms with Crippen molar-refractivity contribution < 1.29 is 9.53 Å². The first-order valence-electron chi connectivity index (χ1n) is 9.43. The zero-order valence-corrected chi connectivity index (χ0v) is 17.8. The first-order chi connectivity index (χ1) is 14.4. The molecular weight excluding hydrogens is 400 g/mol. The highest BCUT2D eigenvalue weighted by Gasteiger charge is 2.15. The molecule has 1 aromatic heterocycles. The number of rotatable bonds is 7. The number of thioether (sulfide) groups is 1. The SMILES string of the molecule is COc1ccc(-n2c(SCC#N)nc3cc(C(=O)NCC(C)C)ccc3c2=O)cc1. The molecule has 0 saturated heterocycles. The molecule has 8 heteroatoms. The summed E-state index contributed by atoms with van der Waals surface area (Å²) in [6.07, 6.45) is 0. The highest BCUT2D eigenvalue weighted by molar-refractivity contribution is 7.99. The zero-order valence-electron chi connectivity index (χ0n) is 17.0. The number of ether oxygens (including phenoxy) is 1. The highest BCUT2D eigenvalue weighted by Crippen LogP contribution is 2.23. The average molecular weight is 423 g/mol. The maximum atomic E-state index is 13.3. The second kappa shape index (κ2) is 9.46. The molecule has 1 amide bonds. The quantitative estimate of drug-likeness (QED) is 0.463. The van der Waals surface area contributed by atoms with E-state index in [1.54, 1.807) is 49.6 Å². The molecule has 154 valence electrons. The zero-order chi connectivity index (χ0) is 21.7. The maximum Gasteiger partial charge on any atom is 0.266 e. The third kappa shape index (κ3) is 4.63. The van der Waals surface area contributed by atoms with Crippen LogP contribution >= 0.6 is 11.8 Å². The largest absolute Gasteiger partial charge is 0.497 e. The van der Waals surface area contributed by atoms with Gasteiger partial charge in [-0.3, -0.25) is 14.2 Å². The number of amides is 1. The van der Waals surface area contributed by atoms with Crippen LogP contribution in [0.15, 0.2) is 52.4 Å². The fraction of sp³-hybridized carbons (Fsp3) is 0.273. The van der Waals surface area contributed by atoms with Crippen LogP contribution in [0, 0.1) is 17.2 Å². The number of benzene rings is 2. The predicted molar refractivity (Wildman–Crippen MR) is 117 cm³/mol. The Labute approximate surface area is 178 Å². The van der Waals surface area contributed by atoms with Gasteiger partial charge in [0.05, 0.1) is 35.5 Å². The van der Waals surface area contributed by atoms with Crippen LogP contribution in [0.2, 0.25) is 0 Å². The minimum absolute atomic E-state index is 0.142. The molecule has 0 aliphatic carbocycles. The van der Waals surface area contributed by atoms with Crippen molar-refractivity contribution in [1.29, 1.82) is 5.26 Å². The minimum atomic E-state index is -0.264. The van der Waals surface area contributed by atoms with Crippen LogP contribution in [0.1, 0.15) is 24.2 Å². The van der Waals surface area contributed by atoms with Crippen molar-refractivity contribution in [2.75, 3.05) is 19.4 Å². The Balaban J connectivity index is 2.11. The van der Waals surface area contributed by atoms with Gasteiger partial charge in [0.1, 0.15) is 5.75 Å². The summed E-state index contributed by atoms with van der Waals surface area (Å²) in [6.45, 7) is 4.59. The Morgan fingerprint density at radius 2 is 2.00 bits per heavy atom. The molecule has 0 fully saturated rings. The van der Waals surface area contributed by atoms with Gasteiger partial charge in [-0.1, -0.05) is 25.6 Å². The molecule has 0 bridgehead atoms. The van der Waals surface area contributed by atoms with Crippen LogP contribution < -0.4 is 15.6 Å². The minimum Gasteiger partial charge on any atom is -0.497 e. The lowest BCUT2D eigenvalue weighted by atomic mass is 10.1. The van der Waals surface area contributed by atoms with E-state index in [1.165, 1.54) is 16.3 Å². The van der Waals surface area contributed by atoms with Gasteiger partial charge >= 0.3 is 0 Å². The molecule has 0 spiro atoms. The second-order valence-corrected chi connectivity index (χ2v) is 7.96. The van der Waals surface area contributed by atoms with Gasteiger partial charge in [0.15, 0.2) is 5.16 Å². The van der Waals surface area contributed by atoms with Crippen molar-refractivity contribution in [2.45, 2.75) is 19.0 Å². The first kappa shape index (κ1) is 21.4. The van der Waals surface area contributed by atoms with Gasteiger partial charge in [0, 0.05) is 12.1 Å². The summed E-state index contributed by atoms with van der Waals surface area (Å²) in [7, 11) is 1.57. The Bertz CT molecular complexity index is 1160. The molecule has 1 heterocycles. The Morgan fingerprint density at radius 1 is 1.27 bits per heavy atom. The van der Waals surface area contributed by atoms with E-state index in [4.69, 9.17) is 10.00 Å². The van der Waals surface area contributed by atoms with E-state index in [9.17, 15) is 9.59 Å². The predicted octanol–water partition coefficient (Wildman–Crippen LogP) is 3.40. The van der Waals surface area contributed by atoms with Gasteiger partial charge in [-0.2, -0.15) is 5.26 Å². The first-order valence-corrected chi connectivity index (χ1v) is 10.4. The fourth-order valence-electron chi connectivity index (χ4n) is 2.86. The van der Waals surface area contributed by atoms with Crippen molar-refractivity contribution >= 4 is 28.6 Å². The average Bonchev–Trinajstić information content (AvgIpc) is 2.75. The van der Waals surface area contributed by atoms with E-state index in [1.807, 2.05) is 13.8 Å². The molecule has 1 N–H and O–H groups in total. The second-order valence-electron chi connectivity index (χ2n) is 7.02. The monoisotopic (exact) mass is 422 g/mol. The number of fused-ring (bicyclic) bond motifs is 1. The lowest BCUT2D eigenvalue weighted by Crippen LogP contribution is -2.27. The van der Waals surface area contributed by atoms with Crippen molar-refractivity contribution in [3.63, 3.8) is 0 Å². The number of nitrogens with one attached hydrogen (secondary N) is 1. The molecule has 0 radical (unpaired) electrons. The molecule has 30 heavy (non-hydrogen) atoms. The van der Waals surface area contributed by atoms with E-state index in [2.05, 4.69) is 16.4 Å². The molecule has 0 saturated carbocycles. The summed E-state index contributed by atoms with van der Waals surface area (Å²) in [4.78, 5) is 30.3. The van der Waals surface area contributed by atoms with Crippen molar-refractivity contribution in [3.05, 3.63) is 58.4 Å². The molecular formula is C22H22N4O3S. The van der Waals surface area contributed by atoms with Gasteiger partial charge in [-0.05, 0) is 48.4 Å². The Kier molecular flexibility index (Phi) is 6.75. The summed E-state index contributed by atoms with van der Waals surface area (Å²) in [5.74, 6) is 0.933. The van der Waals surface area contributed by atoms with E-state index in [0.29, 0.717) is 45.5 Å². The third-order valence-corrected chi connectivity index (χ3v) is 5.17. The van der Waals surface area contributed by atoms with Crippen LogP contribution in [0.5, 0.6) is 5.75 Å². The van der Waals surface area contributed by atoms with Crippen molar-refractivity contribution in [1.82, 2.24) is 14.9 Å². The molecule has 7 nitrogen and oxygen atoms in total. The molecule has 0 atom stereocenters. The van der Waals surface area contributed by atoms with E-state index in [-0.39, 0.29) is 17.2 Å². The van der Waals surface area contributed by atoms with Crippen LogP contribution in [-0.4, -0.2) is 34.9 Å². The number of hydrogen-bond acceptors (Lipinski definition) is 6. The van der Waals surface area contributed by atoms with E-state index in [0.717, 1.165) is 0 Å². The van der Waals surface area contributed by atoms with Gasteiger partial charge in [-0.25, -0.2) is 4.98 Å². The van der Waals surface area contributed by atoms with Crippen LogP contribution in [0.3, 0.4) is 0 Å². The molecule has 3 rings (SSSR count). The smallest absolute Gasteiger partial charge is 0.266 e. The molecule has 0 aliphatic heterocycles. The normalized spacial score (nSPS) is 10.8. The number of methoxy groups -OCH3 is 1. The highest BCUT2D eigenvalue weighted by atomic mass is 32.2. The van der Waals surface area contributed by atoms with Crippen molar-refractivity contribution in [2.24, 2.45) is 5.92 Å². The van der Waals surface area contributed by atoms with Gasteiger partial charge < -0.3 is 10.1 Å². The summed E-state index contributed by atoms with van der Waals surface area (Å²) < 4.78 is 6.66. The molecule has 3 aromatic rings. The number of aromatic nitrogens is 2. The van der Waals surface area contributed by atoms with Gasteiger partial charge in [-0.15, -0.1) is 0 Å². The molecule has 0 aliphatic rings. The number of carbonyl (C=O) groups excluding carboxylic acids is 1. The molecule has 0 unspecified atom stereocenters. The van der Waals surface area contributed by atoms with Gasteiger partial charge in [0.2, 0.25) is 0 Å². The number of carbonyl (C=O) groups is 1. The van der Waals surface area contributed by atoms with Crippen LogP contribution in [-0.2, 0) is 0 Å². The maximum absolute atomic E-state index is 13.3. The third-order valence-electron chi connectivity index (χ3n) is 4.37. The Morgan fingerprint density at radius 3 is 2.63 bits per heavy atom. The lowest BCUT2D eigenvalue weighted by molar-refractivity contribution is 0.0949. The summed E-state index contributed by atoms with van der Waals surface area (Å²) in [5.41, 5.74) is 1.21. The standard InChI is InChI=1S/C22H22N4O3S/c1-14(2)13-24-20(27)15-4-9-18-19(12-15)25-22(30-11-10-23)26(21(18)28)16-5-7-17(29-3)8-6-16/h4-9,12,14H,11,13H2,1-3H3,(H,24,27). The summed E-state index contributed by atoms with van der Waals surface area (Å²) in [6, 6.07) is 14.0. The van der Waals surface area contributed by atoms with Crippen LogP contribution in [0.4, 0.5) is 0 Å². The summed E-state index contributed by atoms with van der Waals surface area (Å²) in [5, 5.41) is 12.7. The molecule has 2 aromatic carbocycles. The number of nitrogens with zero attached hydrogens (tertiary/aromatic N) is 3. The Hall–Kier alpha value is -3.31. The van der Waals surface area contributed by atoms with Crippen LogP contribution in [0.25, 0.3) is 16.6 Å².